The Bertz CT molecular complexity index is 683. The fourth-order valence-electron chi connectivity index (χ4n) is 1.96. The van der Waals surface area contributed by atoms with Gasteiger partial charge in [-0.1, -0.05) is 57.2 Å². The number of carbonyl (C=O) groups is 1. The minimum absolute atomic E-state index is 0.0651. The fourth-order valence-corrected chi connectivity index (χ4v) is 1.96. The Kier molecular flexibility index (Phi) is 4.61. The second kappa shape index (κ2) is 6.43. The minimum atomic E-state index is -0.444. The van der Waals surface area contributed by atoms with Gasteiger partial charge in [0.25, 0.3) is 5.91 Å². The summed E-state index contributed by atoms with van der Waals surface area (Å²) >= 11 is 0. The van der Waals surface area contributed by atoms with Crippen LogP contribution in [0, 0.1) is 0 Å². The van der Waals surface area contributed by atoms with Crippen molar-refractivity contribution < 1.29 is 9.90 Å². The summed E-state index contributed by atoms with van der Waals surface area (Å²) in [5.74, 6) is -0.509. The van der Waals surface area contributed by atoms with Gasteiger partial charge in [-0.15, -0.1) is 0 Å². The van der Waals surface area contributed by atoms with Crippen LogP contribution in [0.25, 0.3) is 0 Å². The van der Waals surface area contributed by atoms with Crippen molar-refractivity contribution >= 4 is 12.1 Å². The van der Waals surface area contributed by atoms with Crippen LogP contribution >= 0.6 is 0 Å². The predicted molar refractivity (Wildman–Crippen MR) is 88.3 cm³/mol. The monoisotopic (exact) mass is 296 g/mol. The number of hydrogen-bond donors (Lipinski definition) is 2. The first kappa shape index (κ1) is 15.8. The topological polar surface area (TPSA) is 61.7 Å². The van der Waals surface area contributed by atoms with E-state index in [-0.39, 0.29) is 16.7 Å². The first-order valence-corrected chi connectivity index (χ1v) is 7.10. The van der Waals surface area contributed by atoms with Gasteiger partial charge in [0.15, 0.2) is 0 Å². The van der Waals surface area contributed by atoms with Gasteiger partial charge in [-0.05, 0) is 28.7 Å². The highest BCUT2D eigenvalue weighted by Gasteiger charge is 2.12. The zero-order valence-electron chi connectivity index (χ0n) is 13.0. The van der Waals surface area contributed by atoms with E-state index in [9.17, 15) is 9.90 Å². The second-order valence-electron chi connectivity index (χ2n) is 6.09. The summed E-state index contributed by atoms with van der Waals surface area (Å²) in [5.41, 5.74) is 4.84. The number of aromatic hydroxyl groups is 1. The molecule has 2 aromatic carbocycles. The van der Waals surface area contributed by atoms with Gasteiger partial charge >= 0.3 is 0 Å². The lowest BCUT2D eigenvalue weighted by Crippen LogP contribution is -2.17. The molecule has 0 radical (unpaired) electrons. The molecule has 0 aromatic heterocycles. The molecule has 114 valence electrons. The number of phenolic OH excluding ortho intramolecular Hbond substituents is 1. The van der Waals surface area contributed by atoms with E-state index in [2.05, 4.69) is 31.3 Å². The Balaban J connectivity index is 2.01. The fraction of sp³-hybridized carbons (Fsp3) is 0.222. The maximum absolute atomic E-state index is 11.9. The molecule has 2 rings (SSSR count). The highest BCUT2D eigenvalue weighted by Crippen LogP contribution is 2.21. The lowest BCUT2D eigenvalue weighted by Gasteiger charge is -2.18. The van der Waals surface area contributed by atoms with E-state index >= 15 is 0 Å². The number of amides is 1. The predicted octanol–water partition coefficient (Wildman–Crippen LogP) is 3.45. The van der Waals surface area contributed by atoms with Crippen LogP contribution in [0.1, 0.15) is 42.3 Å². The van der Waals surface area contributed by atoms with Crippen LogP contribution in [0.3, 0.4) is 0 Å². The Morgan fingerprint density at radius 1 is 1.09 bits per heavy atom. The number of carbonyl (C=O) groups excluding carboxylic acids is 1. The molecule has 1 amide bonds. The molecule has 0 bridgehead atoms. The molecule has 0 fully saturated rings. The summed E-state index contributed by atoms with van der Waals surface area (Å²) in [6, 6.07) is 14.3. The third-order valence-corrected chi connectivity index (χ3v) is 3.31. The van der Waals surface area contributed by atoms with Crippen LogP contribution in [-0.4, -0.2) is 17.2 Å². The van der Waals surface area contributed by atoms with E-state index in [4.69, 9.17) is 0 Å². The number of phenols is 1. The van der Waals surface area contributed by atoms with Crippen molar-refractivity contribution in [1.82, 2.24) is 5.43 Å². The van der Waals surface area contributed by atoms with Crippen molar-refractivity contribution in [3.63, 3.8) is 0 Å². The van der Waals surface area contributed by atoms with Gasteiger partial charge in [0.1, 0.15) is 5.75 Å². The van der Waals surface area contributed by atoms with Gasteiger partial charge in [-0.25, -0.2) is 5.43 Å². The molecule has 4 nitrogen and oxygen atoms in total. The quantitative estimate of drug-likeness (QED) is 0.673. The zero-order valence-corrected chi connectivity index (χ0v) is 13.0. The number of hydrazone groups is 1. The van der Waals surface area contributed by atoms with E-state index in [1.807, 2.05) is 24.3 Å². The molecule has 0 aliphatic heterocycles. The van der Waals surface area contributed by atoms with Crippen molar-refractivity contribution in [2.45, 2.75) is 26.2 Å². The van der Waals surface area contributed by atoms with Crippen molar-refractivity contribution in [3.8, 4) is 5.75 Å². The molecule has 0 aliphatic rings. The molecular formula is C18H20N2O2. The number of para-hydroxylation sites is 1. The average molecular weight is 296 g/mol. The van der Waals surface area contributed by atoms with Gasteiger partial charge in [-0.2, -0.15) is 5.10 Å². The maximum atomic E-state index is 11.9. The Hall–Kier alpha value is -2.62. The molecule has 0 aliphatic carbocycles. The Morgan fingerprint density at radius 3 is 2.32 bits per heavy atom. The molecule has 0 saturated heterocycles. The molecule has 22 heavy (non-hydrogen) atoms. The second-order valence-corrected chi connectivity index (χ2v) is 6.09. The molecule has 0 heterocycles. The Labute approximate surface area is 130 Å². The summed E-state index contributed by atoms with van der Waals surface area (Å²) in [6.45, 7) is 6.47. The van der Waals surface area contributed by atoms with E-state index in [1.165, 1.54) is 17.7 Å². The number of nitrogens with zero attached hydrogens (tertiary/aromatic N) is 1. The van der Waals surface area contributed by atoms with E-state index in [0.717, 1.165) is 5.56 Å². The SMILES string of the molecule is CC(C)(C)c1ccc(/C=N/NC(=O)c2ccccc2O)cc1. The number of nitrogens with one attached hydrogen (secondary N) is 1. The lowest BCUT2D eigenvalue weighted by atomic mass is 9.87. The van der Waals surface area contributed by atoms with Crippen LogP contribution in [0.2, 0.25) is 0 Å². The molecule has 0 spiro atoms. The van der Waals surface area contributed by atoms with Crippen molar-refractivity contribution in [1.29, 1.82) is 0 Å². The summed E-state index contributed by atoms with van der Waals surface area (Å²) in [6.07, 6.45) is 1.57. The standard InChI is InChI=1S/C18H20N2O2/c1-18(2,3)14-10-8-13(9-11-14)12-19-20-17(22)15-6-4-5-7-16(15)21/h4-12,21H,1-3H3,(H,20,22)/b19-12+. The van der Waals surface area contributed by atoms with Crippen molar-refractivity contribution in [3.05, 3.63) is 65.2 Å². The first-order valence-electron chi connectivity index (χ1n) is 7.10. The summed E-state index contributed by atoms with van der Waals surface area (Å²) < 4.78 is 0. The highest BCUT2D eigenvalue weighted by atomic mass is 16.3. The number of hydrogen-bond acceptors (Lipinski definition) is 3. The molecule has 4 heteroatoms. The molecule has 2 N–H and O–H groups in total. The van der Waals surface area contributed by atoms with Gasteiger partial charge < -0.3 is 5.11 Å². The summed E-state index contributed by atoms with van der Waals surface area (Å²) in [5, 5.41) is 13.5. The summed E-state index contributed by atoms with van der Waals surface area (Å²) in [4.78, 5) is 11.9. The third kappa shape index (κ3) is 3.95. The van der Waals surface area contributed by atoms with Crippen LogP contribution in [0.5, 0.6) is 5.75 Å². The normalized spacial score (nSPS) is 11.6. The largest absolute Gasteiger partial charge is 0.507 e. The van der Waals surface area contributed by atoms with Crippen molar-refractivity contribution in [2.24, 2.45) is 5.10 Å². The summed E-state index contributed by atoms with van der Waals surface area (Å²) in [7, 11) is 0. The average Bonchev–Trinajstić information content (AvgIpc) is 2.47. The van der Waals surface area contributed by atoms with Crippen LogP contribution in [0.4, 0.5) is 0 Å². The van der Waals surface area contributed by atoms with Crippen LogP contribution in [0.15, 0.2) is 53.6 Å². The first-order chi connectivity index (χ1) is 10.4. The van der Waals surface area contributed by atoms with Crippen molar-refractivity contribution in [2.75, 3.05) is 0 Å². The highest BCUT2D eigenvalue weighted by molar-refractivity contribution is 5.97. The van der Waals surface area contributed by atoms with Gasteiger partial charge in [0, 0.05) is 0 Å². The molecule has 0 atom stereocenters. The maximum Gasteiger partial charge on any atom is 0.275 e. The minimum Gasteiger partial charge on any atom is -0.507 e. The third-order valence-electron chi connectivity index (χ3n) is 3.31. The molecule has 2 aromatic rings. The number of rotatable bonds is 3. The molecular weight excluding hydrogens is 276 g/mol. The molecule has 0 saturated carbocycles. The van der Waals surface area contributed by atoms with Gasteiger partial charge in [0.2, 0.25) is 0 Å². The van der Waals surface area contributed by atoms with Gasteiger partial charge in [-0.3, -0.25) is 4.79 Å². The molecule has 0 unspecified atom stereocenters. The van der Waals surface area contributed by atoms with Crippen LogP contribution < -0.4 is 5.43 Å². The van der Waals surface area contributed by atoms with Crippen LogP contribution in [-0.2, 0) is 5.41 Å². The van der Waals surface area contributed by atoms with E-state index in [0.29, 0.717) is 0 Å². The smallest absolute Gasteiger partial charge is 0.275 e. The Morgan fingerprint density at radius 2 is 1.73 bits per heavy atom. The van der Waals surface area contributed by atoms with E-state index in [1.54, 1.807) is 18.3 Å². The van der Waals surface area contributed by atoms with Gasteiger partial charge in [0.05, 0.1) is 11.8 Å². The number of benzene rings is 2. The lowest BCUT2D eigenvalue weighted by molar-refractivity contribution is 0.0952. The van der Waals surface area contributed by atoms with E-state index < -0.39 is 5.91 Å². The zero-order chi connectivity index (χ0) is 16.2.